The van der Waals surface area contributed by atoms with E-state index >= 15 is 0 Å². The SMILES string of the molecule is CCOc1cc(C(=O)N(C)Cc2cnc(CF)c3c2CN=C3)ccc1-c1ccccc1. The number of hydrogen-bond donors (Lipinski definition) is 0. The summed E-state index contributed by atoms with van der Waals surface area (Å²) in [5.74, 6) is 0.555. The number of hydrogen-bond acceptors (Lipinski definition) is 4. The first-order valence-corrected chi connectivity index (χ1v) is 10.3. The molecule has 2 aromatic carbocycles. The van der Waals surface area contributed by atoms with E-state index in [0.717, 1.165) is 27.8 Å². The number of halogens is 1. The van der Waals surface area contributed by atoms with E-state index < -0.39 is 6.67 Å². The van der Waals surface area contributed by atoms with Gasteiger partial charge in [0.2, 0.25) is 0 Å². The fraction of sp³-hybridized carbons (Fsp3) is 0.240. The lowest BCUT2D eigenvalue weighted by atomic mass is 10.0. The van der Waals surface area contributed by atoms with Gasteiger partial charge in [0.1, 0.15) is 12.4 Å². The second kappa shape index (κ2) is 9.08. The van der Waals surface area contributed by atoms with E-state index in [1.807, 2.05) is 49.4 Å². The van der Waals surface area contributed by atoms with E-state index in [9.17, 15) is 9.18 Å². The van der Waals surface area contributed by atoms with Crippen LogP contribution in [0, 0.1) is 0 Å². The molecule has 0 saturated heterocycles. The van der Waals surface area contributed by atoms with Gasteiger partial charge in [-0.15, -0.1) is 0 Å². The molecule has 0 radical (unpaired) electrons. The molecule has 6 heteroatoms. The number of ether oxygens (including phenoxy) is 1. The van der Waals surface area contributed by atoms with Crippen molar-refractivity contribution in [2.75, 3.05) is 13.7 Å². The van der Waals surface area contributed by atoms with Crippen molar-refractivity contribution in [3.8, 4) is 16.9 Å². The number of aromatic nitrogens is 1. The van der Waals surface area contributed by atoms with Crippen molar-refractivity contribution in [2.24, 2.45) is 4.99 Å². The van der Waals surface area contributed by atoms with Crippen LogP contribution >= 0.6 is 0 Å². The Balaban J connectivity index is 1.58. The summed E-state index contributed by atoms with van der Waals surface area (Å²) in [6.45, 7) is 2.66. The van der Waals surface area contributed by atoms with Crippen molar-refractivity contribution in [2.45, 2.75) is 26.7 Å². The van der Waals surface area contributed by atoms with E-state index in [4.69, 9.17) is 4.74 Å². The molecule has 31 heavy (non-hydrogen) atoms. The molecule has 0 unspecified atom stereocenters. The number of pyridine rings is 1. The molecule has 2 heterocycles. The minimum atomic E-state index is -0.628. The molecule has 0 N–H and O–H groups in total. The van der Waals surface area contributed by atoms with Crippen molar-refractivity contribution < 1.29 is 13.9 Å². The second-order valence-corrected chi connectivity index (χ2v) is 7.40. The highest BCUT2D eigenvalue weighted by atomic mass is 19.1. The van der Waals surface area contributed by atoms with Gasteiger partial charge in [-0.2, -0.15) is 0 Å². The molecular formula is C25H24FN3O2. The Hall–Kier alpha value is -3.54. The summed E-state index contributed by atoms with van der Waals surface area (Å²) in [6, 6.07) is 15.5. The van der Waals surface area contributed by atoms with Gasteiger partial charge in [0, 0.05) is 42.7 Å². The summed E-state index contributed by atoms with van der Waals surface area (Å²) in [5.41, 5.74) is 5.49. The molecule has 0 saturated carbocycles. The van der Waals surface area contributed by atoms with Gasteiger partial charge in [0.25, 0.3) is 5.91 Å². The number of alkyl halides is 1. The lowest BCUT2D eigenvalue weighted by molar-refractivity contribution is 0.0784. The van der Waals surface area contributed by atoms with Crippen molar-refractivity contribution in [3.05, 3.63) is 82.7 Å². The standard InChI is InChI=1S/C25H24FN3O2/c1-3-31-24-11-18(9-10-20(24)17-7-5-4-6-8-17)25(30)29(2)16-19-13-28-23(12-26)22-15-27-14-21(19)22/h4-11,13,15H,3,12,14,16H2,1-2H3. The average Bonchev–Trinajstić information content (AvgIpc) is 3.30. The van der Waals surface area contributed by atoms with Crippen LogP contribution in [0.5, 0.6) is 5.75 Å². The van der Waals surface area contributed by atoms with Crippen LogP contribution in [-0.4, -0.2) is 35.7 Å². The third-order valence-corrected chi connectivity index (χ3v) is 5.36. The largest absolute Gasteiger partial charge is 0.493 e. The molecule has 1 aliphatic heterocycles. The summed E-state index contributed by atoms with van der Waals surface area (Å²) in [4.78, 5) is 23.2. The molecule has 0 aliphatic carbocycles. The van der Waals surface area contributed by atoms with Crippen LogP contribution in [0.2, 0.25) is 0 Å². The zero-order valence-electron chi connectivity index (χ0n) is 17.6. The fourth-order valence-electron chi connectivity index (χ4n) is 3.79. The number of amides is 1. The van der Waals surface area contributed by atoms with Crippen LogP contribution < -0.4 is 4.74 Å². The van der Waals surface area contributed by atoms with Gasteiger partial charge < -0.3 is 9.64 Å². The first-order valence-electron chi connectivity index (χ1n) is 10.3. The molecule has 0 spiro atoms. The Labute approximate surface area is 181 Å². The molecule has 3 aromatic rings. The Morgan fingerprint density at radius 3 is 2.74 bits per heavy atom. The third kappa shape index (κ3) is 4.19. The molecule has 0 fully saturated rings. The zero-order valence-corrected chi connectivity index (χ0v) is 17.6. The van der Waals surface area contributed by atoms with E-state index in [-0.39, 0.29) is 5.91 Å². The quantitative estimate of drug-likeness (QED) is 0.554. The molecule has 5 nitrogen and oxygen atoms in total. The van der Waals surface area contributed by atoms with Gasteiger partial charge in [-0.1, -0.05) is 30.3 Å². The van der Waals surface area contributed by atoms with Gasteiger partial charge in [0.15, 0.2) is 0 Å². The Morgan fingerprint density at radius 1 is 1.19 bits per heavy atom. The van der Waals surface area contributed by atoms with Crippen LogP contribution in [-0.2, 0) is 19.8 Å². The predicted octanol–water partition coefficient (Wildman–Crippen LogP) is 4.82. The summed E-state index contributed by atoms with van der Waals surface area (Å²) in [5, 5.41) is 0. The van der Waals surface area contributed by atoms with Crippen molar-refractivity contribution in [1.82, 2.24) is 9.88 Å². The summed E-state index contributed by atoms with van der Waals surface area (Å²) < 4.78 is 19.0. The molecule has 1 aromatic heterocycles. The first-order chi connectivity index (χ1) is 15.1. The van der Waals surface area contributed by atoms with Crippen LogP contribution in [0.3, 0.4) is 0 Å². The second-order valence-electron chi connectivity index (χ2n) is 7.40. The number of nitrogens with zero attached hydrogens (tertiary/aromatic N) is 3. The number of carbonyl (C=O) groups excluding carboxylic acids is 1. The summed E-state index contributed by atoms with van der Waals surface area (Å²) >= 11 is 0. The number of aliphatic imine (C=N–C) groups is 1. The topological polar surface area (TPSA) is 54.8 Å². The number of benzene rings is 2. The monoisotopic (exact) mass is 417 g/mol. The number of rotatable bonds is 7. The van der Waals surface area contributed by atoms with Crippen molar-refractivity contribution in [1.29, 1.82) is 0 Å². The van der Waals surface area contributed by atoms with E-state index in [1.54, 1.807) is 30.4 Å². The van der Waals surface area contributed by atoms with Crippen LogP contribution in [0.15, 0.2) is 59.7 Å². The van der Waals surface area contributed by atoms with Gasteiger partial charge in [0.05, 0.1) is 18.8 Å². The smallest absolute Gasteiger partial charge is 0.254 e. The first kappa shape index (κ1) is 20.7. The molecule has 158 valence electrons. The lowest BCUT2D eigenvalue weighted by Gasteiger charge is -2.20. The Morgan fingerprint density at radius 2 is 2.00 bits per heavy atom. The van der Waals surface area contributed by atoms with Crippen LogP contribution in [0.4, 0.5) is 4.39 Å². The molecule has 1 amide bonds. The highest BCUT2D eigenvalue weighted by molar-refractivity contribution is 5.95. The Kier molecular flexibility index (Phi) is 6.07. The summed E-state index contributed by atoms with van der Waals surface area (Å²) in [7, 11) is 1.75. The fourth-order valence-corrected chi connectivity index (χ4v) is 3.79. The van der Waals surface area contributed by atoms with E-state index in [2.05, 4.69) is 9.98 Å². The number of fused-ring (bicyclic) bond motifs is 1. The average molecular weight is 417 g/mol. The molecule has 0 atom stereocenters. The third-order valence-electron chi connectivity index (χ3n) is 5.36. The Bertz CT molecular complexity index is 1130. The van der Waals surface area contributed by atoms with Gasteiger partial charge in [-0.3, -0.25) is 14.8 Å². The van der Waals surface area contributed by atoms with Crippen LogP contribution in [0.1, 0.15) is 39.7 Å². The van der Waals surface area contributed by atoms with Crippen LogP contribution in [0.25, 0.3) is 11.1 Å². The minimum Gasteiger partial charge on any atom is -0.493 e. The zero-order chi connectivity index (χ0) is 21.8. The maximum absolute atomic E-state index is 13.2. The van der Waals surface area contributed by atoms with Crippen molar-refractivity contribution >= 4 is 12.1 Å². The maximum Gasteiger partial charge on any atom is 0.254 e. The highest BCUT2D eigenvalue weighted by Gasteiger charge is 2.20. The molecule has 1 aliphatic rings. The minimum absolute atomic E-state index is 0.122. The maximum atomic E-state index is 13.2. The predicted molar refractivity (Wildman–Crippen MR) is 119 cm³/mol. The van der Waals surface area contributed by atoms with Gasteiger partial charge >= 0.3 is 0 Å². The van der Waals surface area contributed by atoms with Gasteiger partial charge in [-0.25, -0.2) is 4.39 Å². The normalized spacial score (nSPS) is 12.0. The highest BCUT2D eigenvalue weighted by Crippen LogP contribution is 2.31. The number of carbonyl (C=O) groups is 1. The van der Waals surface area contributed by atoms with Crippen molar-refractivity contribution in [3.63, 3.8) is 0 Å². The van der Waals surface area contributed by atoms with Gasteiger partial charge in [-0.05, 0) is 41.8 Å². The summed E-state index contributed by atoms with van der Waals surface area (Å²) in [6.07, 6.45) is 3.32. The van der Waals surface area contributed by atoms with E-state index in [1.165, 1.54) is 0 Å². The van der Waals surface area contributed by atoms with E-state index in [0.29, 0.717) is 36.7 Å². The molecular weight excluding hydrogens is 393 g/mol. The molecule has 0 bridgehead atoms. The molecule has 4 rings (SSSR count). The lowest BCUT2D eigenvalue weighted by Crippen LogP contribution is -2.27.